The van der Waals surface area contributed by atoms with E-state index < -0.39 is 0 Å². The number of hydrogen-bond acceptors (Lipinski definition) is 2. The van der Waals surface area contributed by atoms with Gasteiger partial charge in [-0.25, -0.2) is 9.97 Å². The van der Waals surface area contributed by atoms with Gasteiger partial charge in [-0.1, -0.05) is 25.7 Å². The molecule has 1 N–H and O–H groups in total. The minimum atomic E-state index is 0.851. The molecule has 3 nitrogen and oxygen atoms in total. The minimum Gasteiger partial charge on any atom is -0.341 e. The first-order chi connectivity index (χ1) is 7.92. The molecule has 84 valence electrons. The van der Waals surface area contributed by atoms with Gasteiger partial charge in [0.15, 0.2) is 5.65 Å². The lowest BCUT2D eigenvalue weighted by atomic mass is 10.0. The standard InChI is InChI=1S/C13H17N3/c1-2-5-10(4-1)7-8-12-15-11-6-3-9-14-13(11)16-12/h3,6,9-10H,1-2,4-5,7-8H2,(H,14,15,16). The quantitative estimate of drug-likeness (QED) is 0.854. The predicted octanol–water partition coefficient (Wildman–Crippen LogP) is 3.08. The first-order valence-electron chi connectivity index (χ1n) is 6.21. The Morgan fingerprint density at radius 2 is 2.19 bits per heavy atom. The van der Waals surface area contributed by atoms with Crippen LogP contribution in [-0.2, 0) is 6.42 Å². The molecule has 2 aromatic heterocycles. The summed E-state index contributed by atoms with van der Waals surface area (Å²) in [4.78, 5) is 12.1. The summed E-state index contributed by atoms with van der Waals surface area (Å²) in [6, 6.07) is 3.98. The molecule has 0 atom stereocenters. The van der Waals surface area contributed by atoms with Crippen LogP contribution in [0, 0.1) is 5.92 Å². The third kappa shape index (κ3) is 1.94. The fourth-order valence-corrected chi connectivity index (χ4v) is 2.65. The number of aromatic amines is 1. The van der Waals surface area contributed by atoms with Gasteiger partial charge in [-0.3, -0.25) is 0 Å². The Bertz CT molecular complexity index is 436. The second kappa shape index (κ2) is 4.24. The molecule has 0 aromatic carbocycles. The predicted molar refractivity (Wildman–Crippen MR) is 64.2 cm³/mol. The molecule has 16 heavy (non-hydrogen) atoms. The van der Waals surface area contributed by atoms with Crippen molar-refractivity contribution < 1.29 is 0 Å². The van der Waals surface area contributed by atoms with Gasteiger partial charge in [0.05, 0.1) is 5.52 Å². The largest absolute Gasteiger partial charge is 0.341 e. The number of rotatable bonds is 3. The number of imidazole rings is 1. The zero-order valence-corrected chi connectivity index (χ0v) is 9.45. The lowest BCUT2D eigenvalue weighted by molar-refractivity contribution is 0.498. The molecular weight excluding hydrogens is 198 g/mol. The number of aryl methyl sites for hydroxylation is 1. The molecule has 1 saturated carbocycles. The SMILES string of the molecule is c1cnc2nc(CCC3CCCC3)[nH]c2c1. The number of nitrogens with one attached hydrogen (secondary N) is 1. The minimum absolute atomic E-state index is 0.851. The molecule has 0 spiro atoms. The van der Waals surface area contributed by atoms with Crippen LogP contribution < -0.4 is 0 Å². The van der Waals surface area contributed by atoms with Crippen molar-refractivity contribution in [2.24, 2.45) is 5.92 Å². The number of nitrogens with zero attached hydrogens (tertiary/aromatic N) is 2. The van der Waals surface area contributed by atoms with Crippen LogP contribution in [0.3, 0.4) is 0 Å². The van der Waals surface area contributed by atoms with Gasteiger partial charge in [-0.15, -0.1) is 0 Å². The van der Waals surface area contributed by atoms with Gasteiger partial charge in [-0.2, -0.15) is 0 Å². The topological polar surface area (TPSA) is 41.6 Å². The summed E-state index contributed by atoms with van der Waals surface area (Å²) in [5, 5.41) is 0. The van der Waals surface area contributed by atoms with Crippen molar-refractivity contribution in [1.82, 2.24) is 15.0 Å². The number of pyridine rings is 1. The van der Waals surface area contributed by atoms with Crippen molar-refractivity contribution in [2.45, 2.75) is 38.5 Å². The molecule has 2 aromatic rings. The summed E-state index contributed by atoms with van der Waals surface area (Å²) in [5.74, 6) is 2.03. The van der Waals surface area contributed by atoms with E-state index >= 15 is 0 Å². The fraction of sp³-hybridized carbons (Fsp3) is 0.538. The second-order valence-electron chi connectivity index (χ2n) is 4.75. The molecule has 1 fully saturated rings. The van der Waals surface area contributed by atoms with Crippen molar-refractivity contribution in [3.8, 4) is 0 Å². The van der Waals surface area contributed by atoms with Gasteiger partial charge < -0.3 is 4.98 Å². The summed E-state index contributed by atoms with van der Waals surface area (Å²) in [5.41, 5.74) is 1.91. The summed E-state index contributed by atoms with van der Waals surface area (Å²) in [7, 11) is 0. The third-order valence-corrected chi connectivity index (χ3v) is 3.57. The maximum atomic E-state index is 4.51. The maximum absolute atomic E-state index is 4.51. The van der Waals surface area contributed by atoms with Crippen molar-refractivity contribution in [2.75, 3.05) is 0 Å². The highest BCUT2D eigenvalue weighted by Crippen LogP contribution is 2.28. The molecule has 1 aliphatic carbocycles. The van der Waals surface area contributed by atoms with Gasteiger partial charge in [0.2, 0.25) is 0 Å². The van der Waals surface area contributed by atoms with Crippen LogP contribution in [0.25, 0.3) is 11.2 Å². The highest BCUT2D eigenvalue weighted by atomic mass is 15.0. The number of H-pyrrole nitrogens is 1. The monoisotopic (exact) mass is 215 g/mol. The van der Waals surface area contributed by atoms with E-state index in [-0.39, 0.29) is 0 Å². The van der Waals surface area contributed by atoms with Crippen LogP contribution in [0.2, 0.25) is 0 Å². The van der Waals surface area contributed by atoms with E-state index in [1.165, 1.54) is 32.1 Å². The Kier molecular flexibility index (Phi) is 2.60. The zero-order valence-electron chi connectivity index (χ0n) is 9.45. The van der Waals surface area contributed by atoms with E-state index in [9.17, 15) is 0 Å². The van der Waals surface area contributed by atoms with Crippen molar-refractivity contribution in [3.05, 3.63) is 24.2 Å². The molecule has 3 heteroatoms. The van der Waals surface area contributed by atoms with Gasteiger partial charge >= 0.3 is 0 Å². The number of fused-ring (bicyclic) bond motifs is 1. The Labute approximate surface area is 95.3 Å². The van der Waals surface area contributed by atoms with Crippen molar-refractivity contribution in [1.29, 1.82) is 0 Å². The van der Waals surface area contributed by atoms with E-state index in [0.717, 1.165) is 29.3 Å². The highest BCUT2D eigenvalue weighted by molar-refractivity contribution is 5.69. The van der Waals surface area contributed by atoms with Crippen LogP contribution in [0.4, 0.5) is 0 Å². The van der Waals surface area contributed by atoms with E-state index in [1.807, 2.05) is 12.1 Å². The molecule has 0 aliphatic heterocycles. The van der Waals surface area contributed by atoms with E-state index in [2.05, 4.69) is 15.0 Å². The van der Waals surface area contributed by atoms with Crippen LogP contribution in [0.15, 0.2) is 18.3 Å². The summed E-state index contributed by atoms with van der Waals surface area (Å²) < 4.78 is 0. The van der Waals surface area contributed by atoms with Gasteiger partial charge in [0.1, 0.15) is 5.82 Å². The normalized spacial score (nSPS) is 17.2. The van der Waals surface area contributed by atoms with Crippen LogP contribution in [0.1, 0.15) is 37.9 Å². The molecule has 0 bridgehead atoms. The average Bonchev–Trinajstić information content (AvgIpc) is 2.95. The Hall–Kier alpha value is -1.38. The fourth-order valence-electron chi connectivity index (χ4n) is 2.65. The lowest BCUT2D eigenvalue weighted by Gasteiger charge is -2.05. The average molecular weight is 215 g/mol. The van der Waals surface area contributed by atoms with Crippen molar-refractivity contribution in [3.63, 3.8) is 0 Å². The Balaban J connectivity index is 1.69. The van der Waals surface area contributed by atoms with Crippen LogP contribution >= 0.6 is 0 Å². The van der Waals surface area contributed by atoms with Crippen LogP contribution in [-0.4, -0.2) is 15.0 Å². The first kappa shape index (κ1) is 9.82. The maximum Gasteiger partial charge on any atom is 0.177 e. The van der Waals surface area contributed by atoms with Crippen LogP contribution in [0.5, 0.6) is 0 Å². The molecule has 0 radical (unpaired) electrons. The smallest absolute Gasteiger partial charge is 0.177 e. The third-order valence-electron chi connectivity index (χ3n) is 3.57. The molecule has 3 rings (SSSR count). The van der Waals surface area contributed by atoms with Gasteiger partial charge in [0.25, 0.3) is 0 Å². The number of hydrogen-bond donors (Lipinski definition) is 1. The summed E-state index contributed by atoms with van der Waals surface area (Å²) >= 11 is 0. The Morgan fingerprint density at radius 3 is 3.00 bits per heavy atom. The molecular formula is C13H17N3. The first-order valence-corrected chi connectivity index (χ1v) is 6.21. The second-order valence-corrected chi connectivity index (χ2v) is 4.75. The highest BCUT2D eigenvalue weighted by Gasteiger charge is 2.15. The van der Waals surface area contributed by atoms with Gasteiger partial charge in [0, 0.05) is 12.6 Å². The van der Waals surface area contributed by atoms with E-state index in [4.69, 9.17) is 0 Å². The molecule has 0 unspecified atom stereocenters. The lowest BCUT2D eigenvalue weighted by Crippen LogP contribution is -1.97. The molecule has 2 heterocycles. The van der Waals surface area contributed by atoms with E-state index in [1.54, 1.807) is 6.20 Å². The molecule has 0 saturated heterocycles. The summed E-state index contributed by atoms with van der Waals surface area (Å²) in [6.07, 6.45) is 9.82. The van der Waals surface area contributed by atoms with E-state index in [0.29, 0.717) is 0 Å². The van der Waals surface area contributed by atoms with Crippen molar-refractivity contribution >= 4 is 11.2 Å². The molecule has 0 amide bonds. The van der Waals surface area contributed by atoms with Gasteiger partial charge in [-0.05, 0) is 24.5 Å². The summed E-state index contributed by atoms with van der Waals surface area (Å²) in [6.45, 7) is 0. The zero-order chi connectivity index (χ0) is 10.8. The number of aromatic nitrogens is 3. The Morgan fingerprint density at radius 1 is 1.31 bits per heavy atom. The molecule has 1 aliphatic rings.